The van der Waals surface area contributed by atoms with Gasteiger partial charge in [0, 0.05) is 38.3 Å². The first-order valence-electron chi connectivity index (χ1n) is 12.3. The maximum Gasteiger partial charge on any atom is 0.335 e. The van der Waals surface area contributed by atoms with Crippen molar-refractivity contribution in [1.82, 2.24) is 4.90 Å². The summed E-state index contributed by atoms with van der Waals surface area (Å²) >= 11 is 0. The number of hydrogen-bond acceptors (Lipinski definition) is 6. The Morgan fingerprint density at radius 1 is 0.974 bits per heavy atom. The molecule has 0 saturated carbocycles. The van der Waals surface area contributed by atoms with E-state index in [2.05, 4.69) is 0 Å². The Morgan fingerprint density at radius 3 is 2.26 bits per heavy atom. The number of nitrogens with zero attached hydrogens (tertiary/aromatic N) is 2. The number of carbonyl (C=O) groups is 3. The number of ketones is 1. The molecule has 2 unspecified atom stereocenters. The molecule has 3 aromatic rings. The van der Waals surface area contributed by atoms with Crippen molar-refractivity contribution in [2.24, 2.45) is 0 Å². The number of carboxylic acid groups (broad SMARTS) is 1. The number of carboxylic acids is 1. The van der Waals surface area contributed by atoms with Gasteiger partial charge < -0.3 is 24.7 Å². The van der Waals surface area contributed by atoms with Gasteiger partial charge in [-0.05, 0) is 66.1 Å². The number of carbonyl (C=O) groups excluding carboxylic acids is 2. The van der Waals surface area contributed by atoms with Gasteiger partial charge in [-0.25, -0.2) is 4.79 Å². The van der Waals surface area contributed by atoms with Crippen molar-refractivity contribution >= 4 is 29.1 Å². The van der Waals surface area contributed by atoms with Crippen LogP contribution in [0, 0.1) is 0 Å². The number of ether oxygens (including phenoxy) is 1. The molecular formula is C30H28N2O6. The van der Waals surface area contributed by atoms with E-state index in [4.69, 9.17) is 4.74 Å². The quantitative estimate of drug-likeness (QED) is 0.286. The Balaban J connectivity index is 1.59. The van der Waals surface area contributed by atoms with E-state index in [9.17, 15) is 24.6 Å². The van der Waals surface area contributed by atoms with E-state index in [0.29, 0.717) is 23.1 Å². The summed E-state index contributed by atoms with van der Waals surface area (Å²) in [6.45, 7) is 2.03. The molecule has 0 radical (unpaired) electrons. The fourth-order valence-electron chi connectivity index (χ4n) is 5.02. The van der Waals surface area contributed by atoms with Crippen molar-refractivity contribution < 1.29 is 29.3 Å². The highest BCUT2D eigenvalue weighted by molar-refractivity contribution is 6.46. The van der Waals surface area contributed by atoms with Gasteiger partial charge in [0.05, 0.1) is 17.2 Å². The molecule has 2 aliphatic heterocycles. The number of anilines is 1. The van der Waals surface area contributed by atoms with Gasteiger partial charge in [-0.1, -0.05) is 24.3 Å². The lowest BCUT2D eigenvalue weighted by Crippen LogP contribution is -2.29. The number of Topliss-reactive ketones (excluding diaryl/α,β-unsaturated/α-hetero) is 1. The van der Waals surface area contributed by atoms with Crippen LogP contribution in [0.5, 0.6) is 5.75 Å². The molecule has 8 heteroatoms. The van der Waals surface area contributed by atoms with E-state index >= 15 is 0 Å². The van der Waals surface area contributed by atoms with Gasteiger partial charge in [-0.2, -0.15) is 0 Å². The Morgan fingerprint density at radius 2 is 1.63 bits per heavy atom. The monoisotopic (exact) mass is 512 g/mol. The second-order valence-corrected chi connectivity index (χ2v) is 9.87. The Labute approximate surface area is 220 Å². The number of fused-ring (bicyclic) bond motifs is 1. The van der Waals surface area contributed by atoms with E-state index < -0.39 is 23.7 Å². The number of benzene rings is 3. The third-order valence-electron chi connectivity index (χ3n) is 6.99. The van der Waals surface area contributed by atoms with E-state index in [-0.39, 0.29) is 29.5 Å². The Hall–Kier alpha value is -4.59. The van der Waals surface area contributed by atoms with Crippen LogP contribution in [0.15, 0.2) is 72.3 Å². The molecule has 0 spiro atoms. The zero-order valence-corrected chi connectivity index (χ0v) is 21.3. The third kappa shape index (κ3) is 4.49. The number of likely N-dealkylation sites (tertiary alicyclic amines) is 1. The van der Waals surface area contributed by atoms with Crippen LogP contribution < -0.4 is 9.64 Å². The molecule has 2 atom stereocenters. The second kappa shape index (κ2) is 9.70. The zero-order valence-electron chi connectivity index (χ0n) is 21.3. The van der Waals surface area contributed by atoms with Crippen molar-refractivity contribution in [2.75, 3.05) is 19.0 Å². The van der Waals surface area contributed by atoms with Gasteiger partial charge in [0.2, 0.25) is 0 Å². The molecular weight excluding hydrogens is 484 g/mol. The molecule has 0 aromatic heterocycles. The van der Waals surface area contributed by atoms with Crippen molar-refractivity contribution in [1.29, 1.82) is 0 Å². The summed E-state index contributed by atoms with van der Waals surface area (Å²) in [6, 6.07) is 18.1. The molecule has 5 rings (SSSR count). The summed E-state index contributed by atoms with van der Waals surface area (Å²) in [6.07, 6.45) is 0.711. The molecule has 0 aliphatic carbocycles. The summed E-state index contributed by atoms with van der Waals surface area (Å²) in [5.41, 5.74) is 3.80. The maximum absolute atomic E-state index is 13.4. The van der Waals surface area contributed by atoms with E-state index in [1.165, 1.54) is 17.0 Å². The summed E-state index contributed by atoms with van der Waals surface area (Å²) in [5, 5.41) is 20.6. The summed E-state index contributed by atoms with van der Waals surface area (Å²) in [7, 11) is 3.83. The van der Waals surface area contributed by atoms with E-state index in [1.54, 1.807) is 30.3 Å². The van der Waals surface area contributed by atoms with Crippen LogP contribution in [0.2, 0.25) is 0 Å². The van der Waals surface area contributed by atoms with Crippen LogP contribution in [-0.2, 0) is 22.6 Å². The smallest absolute Gasteiger partial charge is 0.335 e. The lowest BCUT2D eigenvalue weighted by molar-refractivity contribution is -0.140. The summed E-state index contributed by atoms with van der Waals surface area (Å²) < 4.78 is 5.76. The minimum Gasteiger partial charge on any atom is -0.507 e. The molecule has 1 amide bonds. The van der Waals surface area contributed by atoms with Crippen molar-refractivity contribution in [3.8, 4) is 5.75 Å². The number of amides is 1. The predicted molar refractivity (Wildman–Crippen MR) is 142 cm³/mol. The fraction of sp³-hybridized carbons (Fsp3) is 0.233. The molecule has 194 valence electrons. The highest BCUT2D eigenvalue weighted by Crippen LogP contribution is 2.41. The topological polar surface area (TPSA) is 107 Å². The molecule has 1 saturated heterocycles. The van der Waals surface area contributed by atoms with Gasteiger partial charge in [0.1, 0.15) is 17.6 Å². The van der Waals surface area contributed by atoms with E-state index in [1.807, 2.05) is 50.2 Å². The standard InChI is InChI=1S/C30H28N2O6/c1-17-14-22-15-21(10-13-24(22)38-17)27(33)25-26(19-8-11-23(12-9-19)31(2)3)32(29(35)28(25)34)16-18-4-6-20(7-5-18)30(36)37/h4-13,15,17,26,33H,14,16H2,1-3H3,(H,36,37)/b27-25-. The molecule has 38 heavy (non-hydrogen) atoms. The molecule has 1 fully saturated rings. The molecule has 2 N–H and O–H groups in total. The van der Waals surface area contributed by atoms with Crippen LogP contribution in [0.1, 0.15) is 45.6 Å². The zero-order chi connectivity index (χ0) is 27.1. The minimum absolute atomic E-state index is 0.0154. The van der Waals surface area contributed by atoms with Crippen LogP contribution >= 0.6 is 0 Å². The Bertz CT molecular complexity index is 1460. The molecule has 2 aliphatic rings. The minimum atomic E-state index is -1.05. The lowest BCUT2D eigenvalue weighted by atomic mass is 9.94. The highest BCUT2D eigenvalue weighted by atomic mass is 16.5. The number of aliphatic hydroxyl groups excluding tert-OH is 1. The van der Waals surface area contributed by atoms with Crippen molar-refractivity contribution in [2.45, 2.75) is 32.0 Å². The normalized spacial score (nSPS) is 19.8. The van der Waals surface area contributed by atoms with Crippen LogP contribution in [0.3, 0.4) is 0 Å². The van der Waals surface area contributed by atoms with Crippen LogP contribution in [0.4, 0.5) is 5.69 Å². The number of aromatic carboxylic acids is 1. The van der Waals surface area contributed by atoms with Gasteiger partial charge in [0.15, 0.2) is 0 Å². The van der Waals surface area contributed by atoms with Crippen LogP contribution in [0.25, 0.3) is 5.76 Å². The lowest BCUT2D eigenvalue weighted by Gasteiger charge is -2.26. The van der Waals surface area contributed by atoms with Crippen LogP contribution in [-0.4, -0.2) is 53.0 Å². The van der Waals surface area contributed by atoms with Crippen molar-refractivity contribution in [3.63, 3.8) is 0 Å². The molecule has 8 nitrogen and oxygen atoms in total. The average molecular weight is 513 g/mol. The average Bonchev–Trinajstić information content (AvgIpc) is 3.39. The first kappa shape index (κ1) is 25.1. The number of aliphatic hydroxyl groups is 1. The molecule has 3 aromatic carbocycles. The second-order valence-electron chi connectivity index (χ2n) is 9.87. The Kier molecular flexibility index (Phi) is 6.40. The van der Waals surface area contributed by atoms with Gasteiger partial charge in [-0.3, -0.25) is 9.59 Å². The van der Waals surface area contributed by atoms with Gasteiger partial charge in [-0.15, -0.1) is 0 Å². The van der Waals surface area contributed by atoms with Gasteiger partial charge >= 0.3 is 5.97 Å². The number of rotatable bonds is 6. The third-order valence-corrected chi connectivity index (χ3v) is 6.99. The maximum atomic E-state index is 13.4. The SMILES string of the molecule is CC1Cc2cc(/C(O)=C3/C(=O)C(=O)N(Cc4ccc(C(=O)O)cc4)C3c3ccc(N(C)C)cc3)ccc2O1. The first-order valence-corrected chi connectivity index (χ1v) is 12.3. The number of hydrogen-bond donors (Lipinski definition) is 2. The van der Waals surface area contributed by atoms with Crippen molar-refractivity contribution in [3.05, 3.63) is 100 Å². The fourth-order valence-corrected chi connectivity index (χ4v) is 5.02. The molecule has 0 bridgehead atoms. The van der Waals surface area contributed by atoms with E-state index in [0.717, 1.165) is 17.0 Å². The molecule has 2 heterocycles. The van der Waals surface area contributed by atoms with Gasteiger partial charge in [0.25, 0.3) is 11.7 Å². The largest absolute Gasteiger partial charge is 0.507 e. The highest BCUT2D eigenvalue weighted by Gasteiger charge is 2.46. The summed E-state index contributed by atoms with van der Waals surface area (Å²) in [5.74, 6) is -2.04. The predicted octanol–water partition coefficient (Wildman–Crippen LogP) is 4.40. The summed E-state index contributed by atoms with van der Waals surface area (Å²) in [4.78, 5) is 41.3. The first-order chi connectivity index (χ1) is 18.1.